The zero-order valence-corrected chi connectivity index (χ0v) is 27.1. The summed E-state index contributed by atoms with van der Waals surface area (Å²) in [6, 6.07) is 27.7. The van der Waals surface area contributed by atoms with Crippen molar-refractivity contribution in [2.45, 2.75) is 91.9 Å². The van der Waals surface area contributed by atoms with Gasteiger partial charge in [0.05, 0.1) is 0 Å². The lowest BCUT2D eigenvalue weighted by Crippen LogP contribution is -2.10. The van der Waals surface area contributed by atoms with Gasteiger partial charge in [0.15, 0.2) is 0 Å². The first-order valence-corrected chi connectivity index (χ1v) is 15.7. The summed E-state index contributed by atoms with van der Waals surface area (Å²) in [5.74, 6) is 0. The molecule has 0 heterocycles. The molecule has 216 valence electrons. The first-order valence-electron chi connectivity index (χ1n) is 15.7. The van der Waals surface area contributed by atoms with Gasteiger partial charge in [-0.3, -0.25) is 0 Å². The topological polar surface area (TPSA) is 0 Å². The van der Waals surface area contributed by atoms with Gasteiger partial charge in [-0.2, -0.15) is 0 Å². The second-order valence-corrected chi connectivity index (χ2v) is 14.3. The Balaban J connectivity index is 1.37. The van der Waals surface area contributed by atoms with Gasteiger partial charge in [0.2, 0.25) is 0 Å². The zero-order valence-electron chi connectivity index (χ0n) is 27.1. The van der Waals surface area contributed by atoms with E-state index in [0.29, 0.717) is 0 Å². The third kappa shape index (κ3) is 7.04. The summed E-state index contributed by atoms with van der Waals surface area (Å²) >= 11 is 0. The molecule has 42 heavy (non-hydrogen) atoms. The molecule has 0 atom stereocenters. The summed E-state index contributed by atoms with van der Waals surface area (Å²) in [5, 5.41) is 0. The molecule has 0 aromatic heterocycles. The maximum Gasteiger partial charge on any atom is -0.0132 e. The van der Waals surface area contributed by atoms with Gasteiger partial charge in [0, 0.05) is 0 Å². The van der Waals surface area contributed by atoms with E-state index < -0.39 is 0 Å². The normalized spacial score (nSPS) is 14.1. The molecule has 0 saturated heterocycles. The van der Waals surface area contributed by atoms with Crippen molar-refractivity contribution in [1.29, 1.82) is 0 Å². The molecule has 5 rings (SSSR count). The van der Waals surface area contributed by atoms with Gasteiger partial charge in [-0.1, -0.05) is 139 Å². The van der Waals surface area contributed by atoms with Crippen LogP contribution in [0.1, 0.15) is 108 Å². The molecule has 0 fully saturated rings. The van der Waals surface area contributed by atoms with E-state index >= 15 is 0 Å². The van der Waals surface area contributed by atoms with E-state index in [1.807, 2.05) is 0 Å². The van der Waals surface area contributed by atoms with E-state index in [1.165, 1.54) is 66.8 Å². The van der Waals surface area contributed by atoms with Crippen LogP contribution < -0.4 is 0 Å². The minimum atomic E-state index is 0.181. The average molecular weight is 553 g/mol. The summed E-state index contributed by atoms with van der Waals surface area (Å²) in [6.07, 6.45) is 13.4. The van der Waals surface area contributed by atoms with E-state index in [0.717, 1.165) is 25.7 Å². The van der Waals surface area contributed by atoms with Gasteiger partial charge in [0.1, 0.15) is 0 Å². The van der Waals surface area contributed by atoms with Crippen LogP contribution in [0.3, 0.4) is 0 Å². The molecule has 0 amide bonds. The first-order chi connectivity index (χ1) is 19.9. The molecule has 1 aliphatic rings. The van der Waals surface area contributed by atoms with Crippen molar-refractivity contribution in [3.05, 3.63) is 140 Å². The number of fused-ring (bicyclic) bond motifs is 4. The van der Waals surface area contributed by atoms with E-state index in [-0.39, 0.29) is 10.8 Å². The monoisotopic (exact) mass is 552 g/mol. The average Bonchev–Trinajstić information content (AvgIpc) is 2.94. The van der Waals surface area contributed by atoms with Gasteiger partial charge in [-0.25, -0.2) is 0 Å². The molecule has 0 radical (unpaired) electrons. The number of hydrogen-bond donors (Lipinski definition) is 0. The Morgan fingerprint density at radius 3 is 0.929 bits per heavy atom. The molecule has 0 N–H and O–H groups in total. The molecule has 4 aromatic rings. The highest BCUT2D eigenvalue weighted by atomic mass is 14.2. The lowest BCUT2D eigenvalue weighted by molar-refractivity contribution is 0.590. The third-order valence-corrected chi connectivity index (χ3v) is 9.11. The summed E-state index contributed by atoms with van der Waals surface area (Å²) in [7, 11) is 0. The zero-order chi connectivity index (χ0) is 30.1. The SMILES string of the molecule is Cc1c2cc(/C=C\c3ccc(C(C)(C)C)cc3)cc1CCc1cc(/C=C\c3ccc(C(C)(C)C)cc3)cc(c1C)CC2. The highest BCUT2D eigenvalue weighted by Crippen LogP contribution is 2.29. The van der Waals surface area contributed by atoms with Crippen molar-refractivity contribution >= 4 is 24.3 Å². The van der Waals surface area contributed by atoms with Crippen molar-refractivity contribution in [2.75, 3.05) is 0 Å². The molecule has 0 heteroatoms. The minimum Gasteiger partial charge on any atom is -0.0579 e. The number of rotatable bonds is 4. The molecular weight excluding hydrogens is 504 g/mol. The van der Waals surface area contributed by atoms with Crippen molar-refractivity contribution in [2.24, 2.45) is 0 Å². The van der Waals surface area contributed by atoms with Crippen LogP contribution in [-0.4, -0.2) is 0 Å². The molecule has 0 spiro atoms. The maximum atomic E-state index is 2.42. The fourth-order valence-corrected chi connectivity index (χ4v) is 6.08. The Morgan fingerprint density at radius 2 is 0.667 bits per heavy atom. The van der Waals surface area contributed by atoms with Gasteiger partial charge in [-0.05, 0) is 117 Å². The highest BCUT2D eigenvalue weighted by molar-refractivity contribution is 5.72. The van der Waals surface area contributed by atoms with E-state index in [9.17, 15) is 0 Å². The second kappa shape index (κ2) is 11.9. The van der Waals surface area contributed by atoms with E-state index in [2.05, 4.69) is 152 Å². The summed E-state index contributed by atoms with van der Waals surface area (Å²) in [6.45, 7) is 18.3. The minimum absolute atomic E-state index is 0.181. The molecule has 1 aliphatic carbocycles. The Kier molecular flexibility index (Phi) is 8.47. The third-order valence-electron chi connectivity index (χ3n) is 9.11. The lowest BCUT2D eigenvalue weighted by atomic mass is 9.85. The fourth-order valence-electron chi connectivity index (χ4n) is 6.08. The predicted molar refractivity (Wildman–Crippen MR) is 185 cm³/mol. The summed E-state index contributed by atoms with van der Waals surface area (Å²) in [5.41, 5.74) is 17.1. The second-order valence-electron chi connectivity index (χ2n) is 14.3. The van der Waals surface area contributed by atoms with Gasteiger partial charge in [-0.15, -0.1) is 0 Å². The van der Waals surface area contributed by atoms with Gasteiger partial charge in [0.25, 0.3) is 0 Å². The van der Waals surface area contributed by atoms with Crippen molar-refractivity contribution in [3.63, 3.8) is 0 Å². The van der Waals surface area contributed by atoms with Crippen LogP contribution in [0.2, 0.25) is 0 Å². The van der Waals surface area contributed by atoms with Gasteiger partial charge >= 0.3 is 0 Å². The molecule has 0 saturated carbocycles. The maximum absolute atomic E-state index is 2.42. The lowest BCUT2D eigenvalue weighted by Gasteiger charge is -2.20. The molecular formula is C42H48. The van der Waals surface area contributed by atoms with Crippen LogP contribution in [0.15, 0.2) is 72.8 Å². The smallest absolute Gasteiger partial charge is 0.0132 e. The van der Waals surface area contributed by atoms with Crippen LogP contribution in [0.4, 0.5) is 0 Å². The van der Waals surface area contributed by atoms with Crippen LogP contribution in [0.25, 0.3) is 24.3 Å². The largest absolute Gasteiger partial charge is 0.0579 e. The van der Waals surface area contributed by atoms with Crippen LogP contribution in [-0.2, 0) is 36.5 Å². The van der Waals surface area contributed by atoms with Crippen molar-refractivity contribution in [3.8, 4) is 0 Å². The quantitative estimate of drug-likeness (QED) is 0.221. The molecule has 4 aromatic carbocycles. The Bertz CT molecular complexity index is 1430. The Hall–Kier alpha value is -3.64. The van der Waals surface area contributed by atoms with Gasteiger partial charge < -0.3 is 0 Å². The number of aryl methyl sites for hydroxylation is 4. The van der Waals surface area contributed by atoms with Crippen LogP contribution >= 0.6 is 0 Å². The number of benzene rings is 4. The van der Waals surface area contributed by atoms with E-state index in [1.54, 1.807) is 0 Å². The van der Waals surface area contributed by atoms with Crippen LogP contribution in [0, 0.1) is 13.8 Å². The van der Waals surface area contributed by atoms with E-state index in [4.69, 9.17) is 0 Å². The Labute approximate surface area is 255 Å². The highest BCUT2D eigenvalue weighted by Gasteiger charge is 2.15. The predicted octanol–water partition coefficient (Wildman–Crippen LogP) is 11.1. The summed E-state index contributed by atoms with van der Waals surface area (Å²) < 4.78 is 0. The molecule has 0 nitrogen and oxygen atoms in total. The van der Waals surface area contributed by atoms with Crippen molar-refractivity contribution in [1.82, 2.24) is 0 Å². The van der Waals surface area contributed by atoms with Crippen molar-refractivity contribution < 1.29 is 0 Å². The summed E-state index contributed by atoms with van der Waals surface area (Å²) in [4.78, 5) is 0. The molecule has 4 bridgehead atoms. The Morgan fingerprint density at radius 1 is 0.405 bits per heavy atom. The van der Waals surface area contributed by atoms with Crippen LogP contribution in [0.5, 0.6) is 0 Å². The first kappa shape index (κ1) is 29.8. The fraction of sp³-hybridized carbons (Fsp3) is 0.333. The standard InChI is InChI=1S/C42H48/c1-29-35-17-19-37-27-34(12-10-32-15-23-40(24-16-32)42(6,7)8)28-38(30(37)2)20-18-36(29)26-33(25-35)11-9-31-13-21-39(22-14-31)41(3,4)5/h9-16,21-28H,17-20H2,1-8H3/b11-9-,12-10-. The number of hydrogen-bond acceptors (Lipinski definition) is 0. The molecule has 0 unspecified atom stereocenters. The molecule has 0 aliphatic heterocycles.